The predicted octanol–water partition coefficient (Wildman–Crippen LogP) is 2.80. The summed E-state index contributed by atoms with van der Waals surface area (Å²) in [6.45, 7) is 3.89. The molecule has 0 bridgehead atoms. The van der Waals surface area contributed by atoms with Crippen molar-refractivity contribution in [2.45, 2.75) is 12.8 Å². The van der Waals surface area contributed by atoms with Gasteiger partial charge < -0.3 is 10.1 Å². The molecule has 110 valence electrons. The van der Waals surface area contributed by atoms with Crippen LogP contribution in [0.5, 0.6) is 5.75 Å². The summed E-state index contributed by atoms with van der Waals surface area (Å²) in [5.41, 5.74) is 3.77. The van der Waals surface area contributed by atoms with Crippen LogP contribution in [-0.2, 0) is 0 Å². The normalized spacial score (nSPS) is 31.0. The van der Waals surface area contributed by atoms with Gasteiger partial charge in [-0.1, -0.05) is 0 Å². The fourth-order valence-corrected chi connectivity index (χ4v) is 3.64. The van der Waals surface area contributed by atoms with Gasteiger partial charge in [-0.2, -0.15) is 0 Å². The number of fused-ring (bicyclic) bond motifs is 3. The molecule has 1 aromatic rings. The van der Waals surface area contributed by atoms with Crippen molar-refractivity contribution in [3.05, 3.63) is 35.7 Å². The van der Waals surface area contributed by atoms with E-state index in [2.05, 4.69) is 55.7 Å². The molecular weight excluding hydrogens is 262 g/mol. The molecule has 1 aliphatic carbocycles. The number of hydrogen-bond acceptors (Lipinski definition) is 3. The number of quaternary nitrogens is 1. The molecule has 1 N–H and O–H groups in total. The molecule has 2 aliphatic heterocycles. The second kappa shape index (κ2) is 4.34. The van der Waals surface area contributed by atoms with E-state index in [4.69, 9.17) is 4.74 Å². The zero-order valence-corrected chi connectivity index (χ0v) is 12.8. The first-order chi connectivity index (χ1) is 10.1. The van der Waals surface area contributed by atoms with Gasteiger partial charge in [0.25, 0.3) is 0 Å². The van der Waals surface area contributed by atoms with Crippen LogP contribution in [0.1, 0.15) is 18.4 Å². The summed E-state index contributed by atoms with van der Waals surface area (Å²) < 4.78 is 6.69. The topological polar surface area (TPSA) is 33.6 Å². The molecule has 4 rings (SSSR count). The lowest BCUT2D eigenvalue weighted by molar-refractivity contribution is -0.732. The van der Waals surface area contributed by atoms with Crippen LogP contribution >= 0.6 is 0 Å². The Morgan fingerprint density at radius 2 is 2.19 bits per heavy atom. The van der Waals surface area contributed by atoms with Crippen LogP contribution < -0.4 is 10.1 Å². The van der Waals surface area contributed by atoms with Crippen LogP contribution in [0, 0.1) is 11.8 Å². The van der Waals surface area contributed by atoms with Gasteiger partial charge in [0.1, 0.15) is 17.6 Å². The van der Waals surface area contributed by atoms with E-state index < -0.39 is 0 Å². The molecule has 4 nitrogen and oxygen atoms in total. The standard InChI is InChI=1S/C17H22N3O/c1-4-18-11-5-6-15-12(7-11)16-13(9-21-15)17(16)14-8-20(2,3)10-19-14/h5-8,10,13,16-18H,4,9H2,1-3H3/q+1. The number of rotatable bonds is 3. The third-order valence-electron chi connectivity index (χ3n) is 4.66. The van der Waals surface area contributed by atoms with Crippen LogP contribution in [-0.4, -0.2) is 38.1 Å². The fraction of sp³-hybridized carbons (Fsp3) is 0.471. The molecular formula is C17H22N3O+. The Bertz CT molecular complexity index is 647. The highest BCUT2D eigenvalue weighted by molar-refractivity contribution is 5.58. The minimum absolute atomic E-state index is 0.527. The number of nitrogens with one attached hydrogen (secondary N) is 1. The van der Waals surface area contributed by atoms with E-state index in [1.54, 1.807) is 0 Å². The Labute approximate surface area is 125 Å². The maximum absolute atomic E-state index is 5.94. The van der Waals surface area contributed by atoms with E-state index in [0.29, 0.717) is 17.8 Å². The van der Waals surface area contributed by atoms with Crippen LogP contribution in [0.3, 0.4) is 0 Å². The molecule has 0 saturated heterocycles. The number of hydrogen-bond donors (Lipinski definition) is 1. The van der Waals surface area contributed by atoms with Crippen molar-refractivity contribution in [3.63, 3.8) is 0 Å². The minimum atomic E-state index is 0.527. The summed E-state index contributed by atoms with van der Waals surface area (Å²) in [4.78, 5) is 4.64. The Balaban J connectivity index is 1.65. The van der Waals surface area contributed by atoms with Gasteiger partial charge in [-0.3, -0.25) is 4.48 Å². The van der Waals surface area contributed by atoms with Crippen LogP contribution in [0.15, 0.2) is 35.1 Å². The summed E-state index contributed by atoms with van der Waals surface area (Å²) >= 11 is 0. The quantitative estimate of drug-likeness (QED) is 0.866. The molecule has 1 saturated carbocycles. The lowest BCUT2D eigenvalue weighted by Crippen LogP contribution is -2.28. The average Bonchev–Trinajstić information content (AvgIpc) is 3.09. The Hall–Kier alpha value is -1.81. The van der Waals surface area contributed by atoms with Crippen molar-refractivity contribution < 1.29 is 9.22 Å². The van der Waals surface area contributed by atoms with Gasteiger partial charge in [0.05, 0.1) is 20.7 Å². The number of anilines is 1. The fourth-order valence-electron chi connectivity index (χ4n) is 3.64. The highest BCUT2D eigenvalue weighted by Gasteiger charge is 2.57. The lowest BCUT2D eigenvalue weighted by atomic mass is 10.0. The zero-order chi connectivity index (χ0) is 14.6. The van der Waals surface area contributed by atoms with Crippen molar-refractivity contribution in [1.82, 2.24) is 0 Å². The first-order valence-electron chi connectivity index (χ1n) is 7.71. The van der Waals surface area contributed by atoms with Gasteiger partial charge in [-0.05, 0) is 25.1 Å². The van der Waals surface area contributed by atoms with Crippen molar-refractivity contribution in [2.75, 3.05) is 32.6 Å². The van der Waals surface area contributed by atoms with Gasteiger partial charge >= 0.3 is 0 Å². The maximum Gasteiger partial charge on any atom is 0.194 e. The molecule has 3 atom stereocenters. The van der Waals surface area contributed by atoms with Gasteiger partial charge in [0.15, 0.2) is 6.34 Å². The van der Waals surface area contributed by atoms with Crippen LogP contribution in [0.4, 0.5) is 5.69 Å². The van der Waals surface area contributed by atoms with E-state index in [0.717, 1.165) is 23.4 Å². The highest BCUT2D eigenvalue weighted by atomic mass is 16.5. The molecule has 3 aliphatic rings. The maximum atomic E-state index is 5.94. The van der Waals surface area contributed by atoms with Crippen molar-refractivity contribution in [1.29, 1.82) is 0 Å². The Morgan fingerprint density at radius 3 is 2.90 bits per heavy atom. The number of benzene rings is 1. The summed E-state index contributed by atoms with van der Waals surface area (Å²) in [6, 6.07) is 6.47. The number of ether oxygens (including phenoxy) is 1. The summed E-state index contributed by atoms with van der Waals surface area (Å²) in [5, 5.41) is 3.39. The van der Waals surface area contributed by atoms with Crippen molar-refractivity contribution in [3.8, 4) is 5.75 Å². The third kappa shape index (κ3) is 2.05. The molecule has 0 radical (unpaired) electrons. The van der Waals surface area contributed by atoms with Gasteiger partial charge in [0.2, 0.25) is 0 Å². The van der Waals surface area contributed by atoms with Gasteiger partial charge in [-0.15, -0.1) is 0 Å². The van der Waals surface area contributed by atoms with Crippen molar-refractivity contribution in [2.24, 2.45) is 16.8 Å². The zero-order valence-electron chi connectivity index (χ0n) is 12.8. The highest BCUT2D eigenvalue weighted by Crippen LogP contribution is 2.62. The molecule has 4 heteroatoms. The summed E-state index contributed by atoms with van der Waals surface area (Å²) in [6.07, 6.45) is 4.27. The number of aliphatic imine (C=N–C) groups is 1. The molecule has 1 aromatic carbocycles. The van der Waals surface area contributed by atoms with Crippen LogP contribution in [0.25, 0.3) is 0 Å². The average molecular weight is 284 g/mol. The Morgan fingerprint density at radius 1 is 1.33 bits per heavy atom. The largest absolute Gasteiger partial charge is 0.493 e. The molecule has 1 fully saturated rings. The lowest BCUT2D eigenvalue weighted by Gasteiger charge is -2.17. The van der Waals surface area contributed by atoms with Gasteiger partial charge in [0, 0.05) is 35.5 Å². The van der Waals surface area contributed by atoms with E-state index in [1.807, 2.05) is 6.34 Å². The minimum Gasteiger partial charge on any atom is -0.493 e. The second-order valence-corrected chi connectivity index (χ2v) is 6.74. The molecule has 0 amide bonds. The van der Waals surface area contributed by atoms with Crippen molar-refractivity contribution >= 4 is 12.0 Å². The first kappa shape index (κ1) is 12.9. The molecule has 3 unspecified atom stereocenters. The number of nitrogens with zero attached hydrogens (tertiary/aromatic N) is 2. The SMILES string of the molecule is CCNc1ccc2c(c1)C1C(CO2)C1C1=C[N+](C)(C)C=N1. The number of allylic oxidation sites excluding steroid dienone is 1. The van der Waals surface area contributed by atoms with Gasteiger partial charge in [-0.25, -0.2) is 4.99 Å². The van der Waals surface area contributed by atoms with E-state index in [-0.39, 0.29) is 0 Å². The molecule has 2 heterocycles. The second-order valence-electron chi connectivity index (χ2n) is 6.74. The van der Waals surface area contributed by atoms with E-state index in [9.17, 15) is 0 Å². The smallest absolute Gasteiger partial charge is 0.194 e. The third-order valence-corrected chi connectivity index (χ3v) is 4.66. The molecule has 0 spiro atoms. The summed E-state index contributed by atoms with van der Waals surface area (Å²) in [5.74, 6) is 2.75. The van der Waals surface area contributed by atoms with E-state index >= 15 is 0 Å². The predicted molar refractivity (Wildman–Crippen MR) is 84.5 cm³/mol. The van der Waals surface area contributed by atoms with Crippen LogP contribution in [0.2, 0.25) is 0 Å². The molecule has 21 heavy (non-hydrogen) atoms. The first-order valence-corrected chi connectivity index (χ1v) is 7.71. The van der Waals surface area contributed by atoms with E-state index in [1.165, 1.54) is 16.9 Å². The Kier molecular flexibility index (Phi) is 2.67. The monoisotopic (exact) mass is 284 g/mol. The molecule has 0 aromatic heterocycles. The summed E-state index contributed by atoms with van der Waals surface area (Å²) in [7, 11) is 4.30.